The standard InChI is InChI=1S/C15H12F3NOS/c16-10-2-1-3-11(8-10)19-15(20)6-7-21-12-4-5-13(17)14(18)9-12/h1-5,8-9H,6-7H2,(H,19,20). The molecule has 0 atom stereocenters. The molecule has 1 amide bonds. The molecule has 0 saturated heterocycles. The lowest BCUT2D eigenvalue weighted by molar-refractivity contribution is -0.115. The first-order valence-electron chi connectivity index (χ1n) is 6.18. The van der Waals surface area contributed by atoms with Gasteiger partial charge in [0.15, 0.2) is 11.6 Å². The molecule has 21 heavy (non-hydrogen) atoms. The van der Waals surface area contributed by atoms with Crippen LogP contribution in [-0.2, 0) is 4.79 Å². The van der Waals surface area contributed by atoms with Crippen LogP contribution in [0, 0.1) is 17.5 Å². The third kappa shape index (κ3) is 4.82. The Morgan fingerprint density at radius 2 is 1.86 bits per heavy atom. The highest BCUT2D eigenvalue weighted by Crippen LogP contribution is 2.21. The van der Waals surface area contributed by atoms with E-state index in [1.807, 2.05) is 0 Å². The highest BCUT2D eigenvalue weighted by molar-refractivity contribution is 7.99. The monoisotopic (exact) mass is 311 g/mol. The van der Waals surface area contributed by atoms with Gasteiger partial charge in [-0.2, -0.15) is 0 Å². The maximum atomic E-state index is 13.0. The third-order valence-corrected chi connectivity index (χ3v) is 3.59. The molecule has 0 aliphatic heterocycles. The molecule has 0 radical (unpaired) electrons. The molecule has 0 unspecified atom stereocenters. The maximum absolute atomic E-state index is 13.0. The van der Waals surface area contributed by atoms with E-state index in [1.54, 1.807) is 6.07 Å². The fourth-order valence-electron chi connectivity index (χ4n) is 1.62. The minimum Gasteiger partial charge on any atom is -0.326 e. The highest BCUT2D eigenvalue weighted by Gasteiger charge is 2.06. The molecule has 0 aliphatic carbocycles. The summed E-state index contributed by atoms with van der Waals surface area (Å²) in [7, 11) is 0. The van der Waals surface area contributed by atoms with Crippen LogP contribution in [-0.4, -0.2) is 11.7 Å². The van der Waals surface area contributed by atoms with Crippen LogP contribution in [0.5, 0.6) is 0 Å². The molecule has 1 N–H and O–H groups in total. The number of halogens is 3. The number of amides is 1. The summed E-state index contributed by atoms with van der Waals surface area (Å²) < 4.78 is 38.7. The third-order valence-electron chi connectivity index (χ3n) is 2.60. The van der Waals surface area contributed by atoms with Crippen molar-refractivity contribution in [3.8, 4) is 0 Å². The molecular formula is C15H12F3NOS. The first-order chi connectivity index (χ1) is 10.0. The number of anilines is 1. The summed E-state index contributed by atoms with van der Waals surface area (Å²) in [5, 5.41) is 2.56. The van der Waals surface area contributed by atoms with Crippen LogP contribution >= 0.6 is 11.8 Å². The van der Waals surface area contributed by atoms with Gasteiger partial charge in [0.2, 0.25) is 5.91 Å². The summed E-state index contributed by atoms with van der Waals surface area (Å²) in [4.78, 5) is 12.2. The quantitative estimate of drug-likeness (QED) is 0.838. The van der Waals surface area contributed by atoms with Crippen LogP contribution in [0.4, 0.5) is 18.9 Å². The number of carbonyl (C=O) groups is 1. The van der Waals surface area contributed by atoms with Crippen molar-refractivity contribution in [3.05, 3.63) is 59.9 Å². The van der Waals surface area contributed by atoms with E-state index in [9.17, 15) is 18.0 Å². The first kappa shape index (κ1) is 15.4. The number of hydrogen-bond donors (Lipinski definition) is 1. The van der Waals surface area contributed by atoms with E-state index in [4.69, 9.17) is 0 Å². The second-order valence-electron chi connectivity index (χ2n) is 4.23. The predicted molar refractivity (Wildman–Crippen MR) is 76.7 cm³/mol. The Kier molecular flexibility index (Phi) is 5.27. The summed E-state index contributed by atoms with van der Waals surface area (Å²) in [6, 6.07) is 9.18. The van der Waals surface area contributed by atoms with Gasteiger partial charge in [-0.15, -0.1) is 11.8 Å². The van der Waals surface area contributed by atoms with Crippen LogP contribution < -0.4 is 5.32 Å². The Morgan fingerprint density at radius 1 is 1.05 bits per heavy atom. The van der Waals surface area contributed by atoms with Crippen LogP contribution in [0.3, 0.4) is 0 Å². The number of benzene rings is 2. The Bertz CT molecular complexity index is 649. The lowest BCUT2D eigenvalue weighted by atomic mass is 10.3. The molecule has 2 rings (SSSR count). The van der Waals surface area contributed by atoms with Gasteiger partial charge in [0.05, 0.1) is 0 Å². The summed E-state index contributed by atoms with van der Waals surface area (Å²) >= 11 is 1.24. The van der Waals surface area contributed by atoms with E-state index < -0.39 is 17.5 Å². The van der Waals surface area contributed by atoms with Gasteiger partial charge in [-0.25, -0.2) is 13.2 Å². The molecule has 2 aromatic carbocycles. The van der Waals surface area contributed by atoms with Crippen LogP contribution in [0.1, 0.15) is 6.42 Å². The van der Waals surface area contributed by atoms with E-state index in [2.05, 4.69) is 5.32 Å². The van der Waals surface area contributed by atoms with Crippen molar-refractivity contribution in [1.29, 1.82) is 0 Å². The van der Waals surface area contributed by atoms with Crippen molar-refractivity contribution in [2.75, 3.05) is 11.1 Å². The molecular weight excluding hydrogens is 299 g/mol. The van der Waals surface area contributed by atoms with Gasteiger partial charge < -0.3 is 5.32 Å². The zero-order valence-corrected chi connectivity index (χ0v) is 11.7. The minimum absolute atomic E-state index is 0.181. The van der Waals surface area contributed by atoms with Crippen molar-refractivity contribution >= 4 is 23.4 Å². The number of rotatable bonds is 5. The molecule has 6 heteroatoms. The van der Waals surface area contributed by atoms with E-state index in [1.165, 1.54) is 36.0 Å². The second-order valence-corrected chi connectivity index (χ2v) is 5.40. The van der Waals surface area contributed by atoms with Crippen molar-refractivity contribution in [1.82, 2.24) is 0 Å². The number of carbonyl (C=O) groups excluding carboxylic acids is 1. The molecule has 2 nitrogen and oxygen atoms in total. The summed E-state index contributed by atoms with van der Waals surface area (Å²) in [6.45, 7) is 0. The number of hydrogen-bond acceptors (Lipinski definition) is 2. The molecule has 2 aromatic rings. The fourth-order valence-corrected chi connectivity index (χ4v) is 2.49. The van der Waals surface area contributed by atoms with Crippen LogP contribution in [0.15, 0.2) is 47.4 Å². The number of nitrogens with one attached hydrogen (secondary N) is 1. The van der Waals surface area contributed by atoms with E-state index in [0.717, 1.165) is 12.1 Å². The molecule has 0 spiro atoms. The van der Waals surface area contributed by atoms with Gasteiger partial charge in [0.1, 0.15) is 5.82 Å². The Morgan fingerprint density at radius 3 is 2.57 bits per heavy atom. The Balaban J connectivity index is 1.80. The van der Waals surface area contributed by atoms with Crippen molar-refractivity contribution in [2.45, 2.75) is 11.3 Å². The second kappa shape index (κ2) is 7.17. The smallest absolute Gasteiger partial charge is 0.225 e. The summed E-state index contributed by atoms with van der Waals surface area (Å²) in [5.74, 6) is -2.10. The minimum atomic E-state index is -0.913. The zero-order valence-electron chi connectivity index (χ0n) is 10.9. The molecule has 0 aromatic heterocycles. The van der Waals surface area contributed by atoms with E-state index in [0.29, 0.717) is 16.3 Å². The SMILES string of the molecule is O=C(CCSc1ccc(F)c(F)c1)Nc1cccc(F)c1. The van der Waals surface area contributed by atoms with Gasteiger partial charge in [-0.1, -0.05) is 6.07 Å². The largest absolute Gasteiger partial charge is 0.326 e. The normalized spacial score (nSPS) is 10.4. The predicted octanol–water partition coefficient (Wildman–Crippen LogP) is 4.22. The van der Waals surface area contributed by atoms with Crippen molar-refractivity contribution < 1.29 is 18.0 Å². The van der Waals surface area contributed by atoms with Gasteiger partial charge in [0.25, 0.3) is 0 Å². The molecule has 0 aliphatic rings. The first-order valence-corrected chi connectivity index (χ1v) is 7.16. The van der Waals surface area contributed by atoms with Gasteiger partial charge in [-0.05, 0) is 36.4 Å². The molecule has 0 saturated carbocycles. The lowest BCUT2D eigenvalue weighted by Crippen LogP contribution is -2.12. The average molecular weight is 311 g/mol. The van der Waals surface area contributed by atoms with Gasteiger partial charge in [0, 0.05) is 22.8 Å². The lowest BCUT2D eigenvalue weighted by Gasteiger charge is -2.05. The summed E-state index contributed by atoms with van der Waals surface area (Å²) in [5.41, 5.74) is 0.387. The van der Waals surface area contributed by atoms with Crippen molar-refractivity contribution in [2.24, 2.45) is 0 Å². The zero-order chi connectivity index (χ0) is 15.2. The van der Waals surface area contributed by atoms with Gasteiger partial charge in [-0.3, -0.25) is 4.79 Å². The van der Waals surface area contributed by atoms with Crippen molar-refractivity contribution in [3.63, 3.8) is 0 Å². The molecule has 110 valence electrons. The highest BCUT2D eigenvalue weighted by atomic mass is 32.2. The molecule has 0 heterocycles. The molecule has 0 bridgehead atoms. The summed E-state index contributed by atoms with van der Waals surface area (Å²) in [6.07, 6.45) is 0.181. The average Bonchev–Trinajstić information content (AvgIpc) is 2.43. The Hall–Kier alpha value is -1.95. The van der Waals surface area contributed by atoms with Crippen LogP contribution in [0.2, 0.25) is 0 Å². The topological polar surface area (TPSA) is 29.1 Å². The number of thioether (sulfide) groups is 1. The van der Waals surface area contributed by atoms with Gasteiger partial charge >= 0.3 is 0 Å². The molecule has 0 fully saturated rings. The Labute approximate surface area is 124 Å². The van der Waals surface area contributed by atoms with E-state index in [-0.39, 0.29) is 12.3 Å². The van der Waals surface area contributed by atoms with Crippen LogP contribution in [0.25, 0.3) is 0 Å². The van der Waals surface area contributed by atoms with E-state index >= 15 is 0 Å². The fraction of sp³-hybridized carbons (Fsp3) is 0.133. The maximum Gasteiger partial charge on any atom is 0.225 e.